The molecule has 0 saturated carbocycles. The van der Waals surface area contributed by atoms with Gasteiger partial charge in [0, 0.05) is 0 Å². The van der Waals surface area contributed by atoms with Gasteiger partial charge in [0.25, 0.3) is 0 Å². The van der Waals surface area contributed by atoms with Gasteiger partial charge in [0.2, 0.25) is 17.4 Å². The maximum absolute atomic E-state index is 14.8. The van der Waals surface area contributed by atoms with Gasteiger partial charge in [-0.1, -0.05) is 74.4 Å². The van der Waals surface area contributed by atoms with Crippen LogP contribution in [0.15, 0.2) is 21.9 Å². The second-order valence-electron chi connectivity index (χ2n) is 11.5. The van der Waals surface area contributed by atoms with Crippen LogP contribution >= 0.6 is 0 Å². The minimum Gasteiger partial charge on any atom is -0.744 e. The third-order valence-electron chi connectivity index (χ3n) is 7.86. The highest BCUT2D eigenvalue weighted by atomic mass is 32.2. The van der Waals surface area contributed by atoms with Crippen molar-refractivity contribution in [1.29, 1.82) is 0 Å². The lowest BCUT2D eigenvalue weighted by Crippen LogP contribution is -2.30. The molecule has 0 bridgehead atoms. The summed E-state index contributed by atoms with van der Waals surface area (Å²) in [6.45, 7) is 16.7. The van der Waals surface area contributed by atoms with Crippen LogP contribution in [0.1, 0.15) is 98.3 Å². The van der Waals surface area contributed by atoms with E-state index in [2.05, 4.69) is 0 Å². The quantitative estimate of drug-likeness (QED) is 0.127. The number of hydrogen-bond donors (Lipinski definition) is 0. The Morgan fingerprint density at radius 1 is 0.667 bits per heavy atom. The predicted molar refractivity (Wildman–Crippen MR) is 138 cm³/mol. The molecule has 0 spiro atoms. The van der Waals surface area contributed by atoms with Crippen LogP contribution in [0.2, 0.25) is 0 Å². The topological polar surface area (TPSA) is 101 Å². The lowest BCUT2D eigenvalue weighted by atomic mass is 9.72. The van der Waals surface area contributed by atoms with Crippen LogP contribution in [0.4, 0.5) is 17.6 Å². The van der Waals surface area contributed by atoms with Crippen molar-refractivity contribution >= 4 is 20.2 Å². The molecule has 0 fully saturated rings. The predicted octanol–water partition coefficient (Wildman–Crippen LogP) is 6.98. The minimum absolute atomic E-state index is 0.279. The van der Waals surface area contributed by atoms with Crippen LogP contribution in [0.5, 0.6) is 5.75 Å². The van der Waals surface area contributed by atoms with Crippen LogP contribution in [-0.4, -0.2) is 21.4 Å². The smallest absolute Gasteiger partial charge is 0.340 e. The summed E-state index contributed by atoms with van der Waals surface area (Å²) >= 11 is 0. The fraction of sp³-hybridized carbons (Fsp3) is 0.556. The average molecular weight is 596 g/mol. The van der Waals surface area contributed by atoms with Gasteiger partial charge in [-0.25, -0.2) is 17.2 Å². The first kappa shape index (κ1) is 33.0. The van der Waals surface area contributed by atoms with Crippen molar-refractivity contribution in [3.63, 3.8) is 0 Å². The van der Waals surface area contributed by atoms with E-state index in [-0.39, 0.29) is 16.5 Å². The Hall–Kier alpha value is -2.18. The van der Waals surface area contributed by atoms with E-state index >= 15 is 0 Å². The molecule has 2 aromatic rings. The maximum Gasteiger partial charge on any atom is 0.340 e. The largest absolute Gasteiger partial charge is 0.744 e. The van der Waals surface area contributed by atoms with Gasteiger partial charge in [0.05, 0.1) is 0 Å². The molecule has 0 N–H and O–H groups in total. The summed E-state index contributed by atoms with van der Waals surface area (Å²) in [6.07, 6.45) is 1.59. The van der Waals surface area contributed by atoms with Crippen LogP contribution < -0.4 is 4.18 Å². The summed E-state index contributed by atoms with van der Waals surface area (Å²) in [7, 11) is -11.2. The lowest BCUT2D eigenvalue weighted by molar-refractivity contribution is 0.361. The third-order valence-corrected chi connectivity index (χ3v) is 10.0. The molecule has 0 unspecified atom stereocenters. The highest BCUT2D eigenvalue weighted by molar-refractivity contribution is 7.87. The molecular formula is C27H35F4O6S2-. The van der Waals surface area contributed by atoms with Gasteiger partial charge < -0.3 is 8.74 Å². The van der Waals surface area contributed by atoms with E-state index in [1.807, 2.05) is 34.6 Å². The Labute approximate surface area is 228 Å². The fourth-order valence-corrected chi connectivity index (χ4v) is 6.19. The van der Waals surface area contributed by atoms with Crippen molar-refractivity contribution in [1.82, 2.24) is 0 Å². The van der Waals surface area contributed by atoms with E-state index in [9.17, 15) is 39.0 Å². The van der Waals surface area contributed by atoms with E-state index in [0.29, 0.717) is 19.3 Å². The highest BCUT2D eigenvalue weighted by Gasteiger charge is 2.40. The molecule has 2 aromatic carbocycles. The average Bonchev–Trinajstić information content (AvgIpc) is 2.83. The van der Waals surface area contributed by atoms with Crippen molar-refractivity contribution in [2.75, 3.05) is 0 Å². The number of rotatable bonds is 10. The third kappa shape index (κ3) is 6.12. The van der Waals surface area contributed by atoms with Gasteiger partial charge in [0.1, 0.15) is 19.9 Å². The Morgan fingerprint density at radius 3 is 1.33 bits per heavy atom. The Morgan fingerprint density at radius 2 is 1.03 bits per heavy atom. The second-order valence-corrected chi connectivity index (χ2v) is 14.3. The second kappa shape index (κ2) is 10.7. The molecule has 0 aromatic heterocycles. The first-order valence-electron chi connectivity index (χ1n) is 12.5. The van der Waals surface area contributed by atoms with Crippen molar-refractivity contribution in [2.24, 2.45) is 0 Å². The van der Waals surface area contributed by atoms with Gasteiger partial charge in [-0.3, -0.25) is 0 Å². The van der Waals surface area contributed by atoms with E-state index in [4.69, 9.17) is 4.18 Å². The Balaban J connectivity index is 3.07. The highest BCUT2D eigenvalue weighted by Crippen LogP contribution is 2.45. The summed E-state index contributed by atoms with van der Waals surface area (Å²) in [6, 6.07) is 3.39. The van der Waals surface area contributed by atoms with E-state index in [0.717, 1.165) is 5.56 Å². The Kier molecular flexibility index (Phi) is 9.03. The molecule has 220 valence electrons. The first-order valence-corrected chi connectivity index (χ1v) is 15.3. The zero-order chi connectivity index (χ0) is 30.5. The molecule has 0 saturated heterocycles. The van der Waals surface area contributed by atoms with Crippen LogP contribution in [-0.2, 0) is 36.5 Å². The first-order chi connectivity index (χ1) is 17.5. The molecule has 0 aliphatic rings. The zero-order valence-electron chi connectivity index (χ0n) is 23.6. The van der Waals surface area contributed by atoms with Gasteiger partial charge in [-0.2, -0.15) is 17.2 Å². The van der Waals surface area contributed by atoms with E-state index in [1.54, 1.807) is 39.8 Å². The van der Waals surface area contributed by atoms with Crippen molar-refractivity contribution in [3.8, 4) is 5.75 Å². The number of benzene rings is 2. The Bertz CT molecular complexity index is 1430. The van der Waals surface area contributed by atoms with Crippen molar-refractivity contribution in [3.05, 3.63) is 52.1 Å². The monoisotopic (exact) mass is 595 g/mol. The molecule has 0 aliphatic carbocycles. The molecule has 6 nitrogen and oxygen atoms in total. The summed E-state index contributed by atoms with van der Waals surface area (Å²) in [5, 5.41) is 0. The summed E-state index contributed by atoms with van der Waals surface area (Å²) in [4.78, 5) is -2.81. The van der Waals surface area contributed by atoms with Crippen molar-refractivity contribution < 1.29 is 43.1 Å². The van der Waals surface area contributed by atoms with Gasteiger partial charge >= 0.3 is 10.1 Å². The molecule has 0 radical (unpaired) electrons. The van der Waals surface area contributed by atoms with Gasteiger partial charge in [-0.05, 0) is 52.2 Å². The lowest BCUT2D eigenvalue weighted by Gasteiger charge is -2.35. The van der Waals surface area contributed by atoms with E-state index < -0.39 is 69.9 Å². The zero-order valence-corrected chi connectivity index (χ0v) is 25.2. The molecular weight excluding hydrogens is 560 g/mol. The fourth-order valence-electron chi connectivity index (χ4n) is 3.91. The van der Waals surface area contributed by atoms with Crippen LogP contribution in [0, 0.1) is 23.3 Å². The van der Waals surface area contributed by atoms with Crippen molar-refractivity contribution in [2.45, 2.75) is 108 Å². The molecule has 2 rings (SSSR count). The summed E-state index contributed by atoms with van der Waals surface area (Å²) in [5.41, 5.74) is -0.625. The van der Waals surface area contributed by atoms with Crippen LogP contribution in [0.25, 0.3) is 0 Å². The van der Waals surface area contributed by atoms with Gasteiger partial charge in [0.15, 0.2) is 11.6 Å². The molecule has 39 heavy (non-hydrogen) atoms. The number of hydrogen-bond acceptors (Lipinski definition) is 6. The molecule has 0 atom stereocenters. The summed E-state index contributed by atoms with van der Waals surface area (Å²) in [5.74, 6) is -12.1. The summed E-state index contributed by atoms with van der Waals surface area (Å²) < 4.78 is 124. The molecule has 0 heterocycles. The van der Waals surface area contributed by atoms with Crippen LogP contribution in [0.3, 0.4) is 0 Å². The minimum atomic E-state index is -5.99. The maximum atomic E-state index is 14.8. The number of halogens is 4. The van der Waals surface area contributed by atoms with Gasteiger partial charge in [-0.15, -0.1) is 0 Å². The van der Waals surface area contributed by atoms with E-state index in [1.165, 1.54) is 0 Å². The standard InChI is InChI=1S/C27H36F4O6S2/c1-10-25(4,5)15-13-16(26(6,7)11-2)23(17(14-15)27(8,9)12-3)39(35,36)37-22-18(28)20(30)24(38(32,33)34)21(31)19(22)29/h13-14H,10-12H2,1-9H3,(H,32,33,34)/p-1. The molecule has 0 aliphatic heterocycles. The normalized spacial score (nSPS) is 13.6. The SMILES string of the molecule is CCC(C)(C)c1cc(C(C)(C)CC)c(S(=O)(=O)Oc2c(F)c(F)c(S(=O)(=O)[O-])c(F)c2F)c(C(C)(C)CC)c1. The molecule has 12 heteroatoms. The molecule has 0 amide bonds.